The van der Waals surface area contributed by atoms with E-state index >= 15 is 0 Å². The summed E-state index contributed by atoms with van der Waals surface area (Å²) in [5, 5.41) is 2.28. The van der Waals surface area contributed by atoms with Gasteiger partial charge in [0, 0.05) is 28.6 Å². The highest BCUT2D eigenvalue weighted by Gasteiger charge is 2.50. The number of fused-ring (bicyclic) bond motifs is 15. The molecule has 1 atom stereocenters. The number of hydrogen-bond acceptors (Lipinski definition) is 2. The molecule has 0 amide bonds. The Labute approximate surface area is 319 Å². The average molecular weight is 702 g/mol. The predicted octanol–water partition coefficient (Wildman–Crippen LogP) is 12.4. The van der Waals surface area contributed by atoms with Crippen LogP contribution in [0.2, 0.25) is 0 Å². The highest BCUT2D eigenvalue weighted by molar-refractivity contribution is 6.09. The number of aromatic nitrogens is 3. The largest absolute Gasteiger partial charge is 0.278 e. The summed E-state index contributed by atoms with van der Waals surface area (Å²) < 4.78 is 2.17. The molecule has 0 saturated carbocycles. The molecule has 3 aliphatic rings. The number of hydrogen-bond donors (Lipinski definition) is 0. The number of rotatable bonds is 2. The third-order valence-corrected chi connectivity index (χ3v) is 12.7. The Bertz CT molecular complexity index is 3130. The zero-order valence-electron chi connectivity index (χ0n) is 30.6. The molecule has 9 aromatic rings. The van der Waals surface area contributed by atoms with Crippen LogP contribution in [0, 0.1) is 0 Å². The van der Waals surface area contributed by atoms with Crippen LogP contribution < -0.4 is 0 Å². The van der Waals surface area contributed by atoms with Crippen LogP contribution in [-0.2, 0) is 10.8 Å². The lowest BCUT2D eigenvalue weighted by Gasteiger charge is -2.36. The van der Waals surface area contributed by atoms with Crippen molar-refractivity contribution in [2.24, 2.45) is 0 Å². The molecule has 12 rings (SSSR count). The lowest BCUT2D eigenvalue weighted by Crippen LogP contribution is -2.30. The quantitative estimate of drug-likeness (QED) is 0.180. The van der Waals surface area contributed by atoms with Crippen molar-refractivity contribution in [2.45, 2.75) is 24.7 Å². The minimum Gasteiger partial charge on any atom is -0.278 e. The molecular weight excluding hydrogens is 667 g/mol. The van der Waals surface area contributed by atoms with Crippen molar-refractivity contribution in [3.63, 3.8) is 0 Å². The maximum absolute atomic E-state index is 4.84. The Morgan fingerprint density at radius 1 is 0.436 bits per heavy atom. The van der Waals surface area contributed by atoms with Gasteiger partial charge in [-0.15, -0.1) is 0 Å². The van der Waals surface area contributed by atoms with Crippen LogP contribution in [0.3, 0.4) is 0 Å². The molecule has 3 nitrogen and oxygen atoms in total. The van der Waals surface area contributed by atoms with Crippen molar-refractivity contribution >= 4 is 34.1 Å². The van der Waals surface area contributed by atoms with Crippen LogP contribution in [0.15, 0.2) is 164 Å². The first-order valence-electron chi connectivity index (χ1n) is 19.2. The van der Waals surface area contributed by atoms with E-state index < -0.39 is 5.41 Å². The molecule has 1 spiro atoms. The molecule has 3 heterocycles. The van der Waals surface area contributed by atoms with E-state index in [0.29, 0.717) is 0 Å². The SMILES string of the molecule is CC1(C)c2ccccc2-c2cc3c(cc21)-c1ccccc1C31c2ccccc2C=Cc2ccc(-c3ccc4c(c3)c3cccnc3n4-c3ccccn3)cc21. The van der Waals surface area contributed by atoms with Crippen LogP contribution >= 0.6 is 0 Å². The maximum atomic E-state index is 4.84. The van der Waals surface area contributed by atoms with E-state index in [9.17, 15) is 0 Å². The molecule has 3 heteroatoms. The summed E-state index contributed by atoms with van der Waals surface area (Å²) in [7, 11) is 0. The van der Waals surface area contributed by atoms with Crippen LogP contribution in [-0.4, -0.2) is 14.5 Å². The highest BCUT2D eigenvalue weighted by atomic mass is 15.1. The van der Waals surface area contributed by atoms with Crippen LogP contribution in [0.1, 0.15) is 58.4 Å². The molecule has 258 valence electrons. The summed E-state index contributed by atoms with van der Waals surface area (Å²) >= 11 is 0. The molecule has 0 radical (unpaired) electrons. The first kappa shape index (κ1) is 30.6. The molecule has 0 bridgehead atoms. The second-order valence-electron chi connectivity index (χ2n) is 15.8. The second kappa shape index (κ2) is 10.9. The van der Waals surface area contributed by atoms with Crippen molar-refractivity contribution in [2.75, 3.05) is 0 Å². The minimum atomic E-state index is -0.531. The minimum absolute atomic E-state index is 0.0898. The summed E-state index contributed by atoms with van der Waals surface area (Å²) in [6.07, 6.45) is 8.36. The van der Waals surface area contributed by atoms with Gasteiger partial charge in [0.25, 0.3) is 0 Å². The van der Waals surface area contributed by atoms with E-state index in [1.807, 2.05) is 36.7 Å². The first-order chi connectivity index (χ1) is 27.0. The van der Waals surface area contributed by atoms with Gasteiger partial charge in [-0.2, -0.15) is 0 Å². The summed E-state index contributed by atoms with van der Waals surface area (Å²) in [6.45, 7) is 4.77. The number of nitrogens with zero attached hydrogens (tertiary/aromatic N) is 3. The van der Waals surface area contributed by atoms with Gasteiger partial charge in [-0.25, -0.2) is 9.97 Å². The van der Waals surface area contributed by atoms with Gasteiger partial charge in [0.05, 0.1) is 10.9 Å². The summed E-state index contributed by atoms with van der Waals surface area (Å²) in [5.74, 6) is 0.863. The van der Waals surface area contributed by atoms with Crippen molar-refractivity contribution in [1.82, 2.24) is 14.5 Å². The maximum Gasteiger partial charge on any atom is 0.146 e. The van der Waals surface area contributed by atoms with Gasteiger partial charge in [0.15, 0.2) is 0 Å². The number of benzene rings is 6. The molecule has 0 N–H and O–H groups in total. The lowest BCUT2D eigenvalue weighted by atomic mass is 9.65. The van der Waals surface area contributed by atoms with Crippen molar-refractivity contribution < 1.29 is 0 Å². The summed E-state index contributed by atoms with van der Waals surface area (Å²) in [5.41, 5.74) is 19.7. The van der Waals surface area contributed by atoms with Gasteiger partial charge in [-0.1, -0.05) is 123 Å². The summed E-state index contributed by atoms with van der Waals surface area (Å²) in [6, 6.07) is 56.5. The van der Waals surface area contributed by atoms with E-state index in [4.69, 9.17) is 9.97 Å². The molecule has 0 aliphatic heterocycles. The van der Waals surface area contributed by atoms with Crippen molar-refractivity contribution in [3.8, 4) is 39.2 Å². The molecule has 55 heavy (non-hydrogen) atoms. The zero-order chi connectivity index (χ0) is 36.5. The standard InChI is InChI=1S/C52H35N3/c1-51(2)43-17-7-4-13-36(43)39-31-47-40(30-46(39)51)37-14-5-8-18-44(37)52(47)42-16-6-3-12-32(42)20-21-33-22-23-35(29-45(33)52)34-24-25-48-41(28-34)38-15-11-27-54-50(38)55(48)49-19-9-10-26-53-49/h3-31H,1-2H3. The normalized spacial score (nSPS) is 16.7. The van der Waals surface area contributed by atoms with Crippen LogP contribution in [0.4, 0.5) is 0 Å². The van der Waals surface area contributed by atoms with Crippen molar-refractivity contribution in [1.29, 1.82) is 0 Å². The van der Waals surface area contributed by atoms with E-state index in [0.717, 1.165) is 27.8 Å². The summed E-state index contributed by atoms with van der Waals surface area (Å²) in [4.78, 5) is 9.55. The second-order valence-corrected chi connectivity index (χ2v) is 15.8. The molecular formula is C52H35N3. The van der Waals surface area contributed by atoms with Crippen LogP contribution in [0.25, 0.3) is 73.3 Å². The number of pyridine rings is 2. The monoisotopic (exact) mass is 701 g/mol. The Morgan fingerprint density at radius 2 is 1.09 bits per heavy atom. The van der Waals surface area contributed by atoms with E-state index in [1.54, 1.807) is 0 Å². The molecule has 3 aliphatic carbocycles. The first-order valence-corrected chi connectivity index (χ1v) is 19.2. The Kier molecular flexibility index (Phi) is 6.05. The zero-order valence-corrected chi connectivity index (χ0v) is 30.6. The van der Waals surface area contributed by atoms with Gasteiger partial charge < -0.3 is 0 Å². The molecule has 0 saturated heterocycles. The molecule has 3 aromatic heterocycles. The molecule has 0 fully saturated rings. The van der Waals surface area contributed by atoms with E-state index in [1.165, 1.54) is 77.9 Å². The van der Waals surface area contributed by atoms with Gasteiger partial charge in [-0.05, 0) is 132 Å². The van der Waals surface area contributed by atoms with Gasteiger partial charge in [0.2, 0.25) is 0 Å². The van der Waals surface area contributed by atoms with Crippen LogP contribution in [0.5, 0.6) is 0 Å². The lowest BCUT2D eigenvalue weighted by molar-refractivity contribution is 0.660. The van der Waals surface area contributed by atoms with Gasteiger partial charge >= 0.3 is 0 Å². The Balaban J connectivity index is 1.15. The molecule has 6 aromatic carbocycles. The topological polar surface area (TPSA) is 30.7 Å². The highest BCUT2D eigenvalue weighted by Crippen LogP contribution is 2.62. The fourth-order valence-corrected chi connectivity index (χ4v) is 10.3. The fourth-order valence-electron chi connectivity index (χ4n) is 10.3. The van der Waals surface area contributed by atoms with E-state index in [-0.39, 0.29) is 5.41 Å². The third-order valence-electron chi connectivity index (χ3n) is 12.7. The third kappa shape index (κ3) is 3.94. The molecule has 1 unspecified atom stereocenters. The average Bonchev–Trinajstić information content (AvgIpc) is 3.76. The van der Waals surface area contributed by atoms with Gasteiger partial charge in [-0.3, -0.25) is 4.57 Å². The fraction of sp³-hybridized carbons (Fsp3) is 0.0769. The smallest absolute Gasteiger partial charge is 0.146 e. The predicted molar refractivity (Wildman–Crippen MR) is 226 cm³/mol. The Morgan fingerprint density at radius 3 is 1.93 bits per heavy atom. The van der Waals surface area contributed by atoms with Crippen molar-refractivity contribution in [3.05, 3.63) is 209 Å². The van der Waals surface area contributed by atoms with Gasteiger partial charge in [0.1, 0.15) is 11.5 Å². The Hall–Kier alpha value is -6.84. The van der Waals surface area contributed by atoms with E-state index in [2.05, 4.69) is 158 Å².